The molecular formula is C24H25N5O2. The van der Waals surface area contributed by atoms with Crippen LogP contribution in [0.15, 0.2) is 61.1 Å². The highest BCUT2D eigenvalue weighted by molar-refractivity contribution is 5.97. The largest absolute Gasteiger partial charge is 0.355 e. The smallest absolute Gasteiger partial charge is 0.257 e. The van der Waals surface area contributed by atoms with Gasteiger partial charge in [-0.05, 0) is 43.4 Å². The monoisotopic (exact) mass is 415 g/mol. The number of nitrogens with zero attached hydrogens (tertiary/aromatic N) is 4. The van der Waals surface area contributed by atoms with Crippen molar-refractivity contribution in [1.29, 1.82) is 0 Å². The lowest BCUT2D eigenvalue weighted by Gasteiger charge is -2.20. The highest BCUT2D eigenvalue weighted by atomic mass is 16.2. The van der Waals surface area contributed by atoms with Crippen molar-refractivity contribution in [2.45, 2.75) is 25.7 Å². The van der Waals surface area contributed by atoms with Gasteiger partial charge in [-0.15, -0.1) is 0 Å². The van der Waals surface area contributed by atoms with E-state index in [4.69, 9.17) is 0 Å². The van der Waals surface area contributed by atoms with Gasteiger partial charge >= 0.3 is 0 Å². The van der Waals surface area contributed by atoms with E-state index in [-0.39, 0.29) is 18.4 Å². The second kappa shape index (κ2) is 9.93. The number of fused-ring (bicyclic) bond motifs is 1. The maximum Gasteiger partial charge on any atom is 0.257 e. The molecule has 0 unspecified atom stereocenters. The highest BCUT2D eigenvalue weighted by Gasteiger charge is 2.25. The summed E-state index contributed by atoms with van der Waals surface area (Å²) in [6.07, 6.45) is 8.16. The Morgan fingerprint density at radius 1 is 1.10 bits per heavy atom. The van der Waals surface area contributed by atoms with Crippen molar-refractivity contribution in [3.63, 3.8) is 0 Å². The molecule has 0 spiro atoms. The predicted molar refractivity (Wildman–Crippen MR) is 117 cm³/mol. The summed E-state index contributed by atoms with van der Waals surface area (Å²) in [5, 5.41) is 2.93. The molecule has 0 aliphatic carbocycles. The Morgan fingerprint density at radius 2 is 1.90 bits per heavy atom. The zero-order valence-corrected chi connectivity index (χ0v) is 17.3. The summed E-state index contributed by atoms with van der Waals surface area (Å²) < 4.78 is 0. The van der Waals surface area contributed by atoms with Gasteiger partial charge in [-0.25, -0.2) is 9.97 Å². The van der Waals surface area contributed by atoms with E-state index < -0.39 is 0 Å². The summed E-state index contributed by atoms with van der Waals surface area (Å²) >= 11 is 0. The average Bonchev–Trinajstić information content (AvgIpc) is 2.96. The molecule has 4 rings (SSSR count). The quantitative estimate of drug-likeness (QED) is 0.600. The average molecular weight is 415 g/mol. The normalized spacial score (nSPS) is 13.4. The molecule has 31 heavy (non-hydrogen) atoms. The first kappa shape index (κ1) is 20.7. The first-order valence-electron chi connectivity index (χ1n) is 10.6. The number of pyridine rings is 1. The Balaban J connectivity index is 1.34. The van der Waals surface area contributed by atoms with Crippen molar-refractivity contribution < 1.29 is 9.59 Å². The number of aryl methyl sites for hydroxylation is 2. The Bertz CT molecular complexity index is 1040. The van der Waals surface area contributed by atoms with Gasteiger partial charge in [-0.1, -0.05) is 30.3 Å². The van der Waals surface area contributed by atoms with Crippen molar-refractivity contribution in [2.75, 3.05) is 19.6 Å². The van der Waals surface area contributed by atoms with E-state index in [1.165, 1.54) is 5.56 Å². The molecule has 0 fully saturated rings. The molecule has 2 aromatic heterocycles. The standard InChI is InChI=1S/C24H25N5O2/c30-22(26-12-4-8-18-6-2-1-3-7-18)17-29-15-5-9-21-20(24(29)31)16-27-23(28-21)19-10-13-25-14-11-19/h1-3,6-7,10-11,13-14,16H,4-5,8-9,12,15,17H2,(H,26,30). The fourth-order valence-electron chi connectivity index (χ4n) is 3.68. The molecule has 158 valence electrons. The fourth-order valence-corrected chi connectivity index (χ4v) is 3.68. The summed E-state index contributed by atoms with van der Waals surface area (Å²) in [5.74, 6) is 0.256. The number of carbonyl (C=O) groups is 2. The second-order valence-corrected chi connectivity index (χ2v) is 7.56. The van der Waals surface area contributed by atoms with Crippen LogP contribution in [0.25, 0.3) is 11.4 Å². The second-order valence-electron chi connectivity index (χ2n) is 7.56. The Kier molecular flexibility index (Phi) is 6.62. The number of benzene rings is 1. The fraction of sp³-hybridized carbons (Fsp3) is 0.292. The molecule has 3 heterocycles. The zero-order valence-electron chi connectivity index (χ0n) is 17.3. The van der Waals surface area contributed by atoms with Crippen LogP contribution in [-0.2, 0) is 17.6 Å². The summed E-state index contributed by atoms with van der Waals surface area (Å²) in [4.78, 5) is 40.0. The van der Waals surface area contributed by atoms with Crippen molar-refractivity contribution in [2.24, 2.45) is 0 Å². The van der Waals surface area contributed by atoms with Crippen LogP contribution in [0, 0.1) is 0 Å². The van der Waals surface area contributed by atoms with Crippen molar-refractivity contribution in [3.8, 4) is 11.4 Å². The third-order valence-corrected chi connectivity index (χ3v) is 5.31. The van der Waals surface area contributed by atoms with Gasteiger partial charge in [0.05, 0.1) is 17.8 Å². The minimum atomic E-state index is -0.187. The van der Waals surface area contributed by atoms with Crippen LogP contribution in [0.3, 0.4) is 0 Å². The van der Waals surface area contributed by atoms with Gasteiger partial charge in [0.2, 0.25) is 5.91 Å². The number of rotatable bonds is 7. The van der Waals surface area contributed by atoms with Gasteiger partial charge in [-0.3, -0.25) is 14.6 Å². The molecule has 1 aromatic carbocycles. The molecule has 0 radical (unpaired) electrons. The third kappa shape index (κ3) is 5.31. The Labute approximate surface area is 181 Å². The maximum atomic E-state index is 13.0. The van der Waals surface area contributed by atoms with Crippen molar-refractivity contribution in [3.05, 3.63) is 77.9 Å². The first-order valence-corrected chi connectivity index (χ1v) is 10.6. The van der Waals surface area contributed by atoms with Crippen LogP contribution in [0.2, 0.25) is 0 Å². The lowest BCUT2D eigenvalue weighted by atomic mass is 10.1. The van der Waals surface area contributed by atoms with Crippen LogP contribution in [0.5, 0.6) is 0 Å². The first-order chi connectivity index (χ1) is 15.2. The number of nitrogens with one attached hydrogen (secondary N) is 1. The molecule has 1 aliphatic heterocycles. The molecule has 3 aromatic rings. The number of carbonyl (C=O) groups excluding carboxylic acids is 2. The molecule has 0 atom stereocenters. The van der Waals surface area contributed by atoms with E-state index in [1.807, 2.05) is 30.3 Å². The minimum absolute atomic E-state index is 0.0513. The van der Waals surface area contributed by atoms with E-state index >= 15 is 0 Å². The van der Waals surface area contributed by atoms with Gasteiger partial charge < -0.3 is 10.2 Å². The molecular weight excluding hydrogens is 390 g/mol. The third-order valence-electron chi connectivity index (χ3n) is 5.31. The number of aromatic nitrogens is 3. The van der Waals surface area contributed by atoms with Crippen LogP contribution >= 0.6 is 0 Å². The molecule has 1 aliphatic rings. The van der Waals surface area contributed by atoms with Crippen LogP contribution < -0.4 is 5.32 Å². The molecule has 0 saturated carbocycles. The van der Waals surface area contributed by atoms with Gasteiger partial charge in [0.1, 0.15) is 0 Å². The Hall–Kier alpha value is -3.61. The highest BCUT2D eigenvalue weighted by Crippen LogP contribution is 2.20. The van der Waals surface area contributed by atoms with E-state index in [0.29, 0.717) is 30.9 Å². The lowest BCUT2D eigenvalue weighted by Crippen LogP contribution is -2.41. The SMILES string of the molecule is O=C(CN1CCCc2nc(-c3ccncc3)ncc2C1=O)NCCCc1ccccc1. The van der Waals surface area contributed by atoms with E-state index in [1.54, 1.807) is 23.5 Å². The molecule has 2 amide bonds. The summed E-state index contributed by atoms with van der Waals surface area (Å²) in [6, 6.07) is 13.9. The van der Waals surface area contributed by atoms with Crippen LogP contribution in [-0.4, -0.2) is 51.3 Å². The predicted octanol–water partition coefficient (Wildman–Crippen LogP) is 2.68. The molecule has 1 N–H and O–H groups in total. The summed E-state index contributed by atoms with van der Waals surface area (Å²) in [5.41, 5.74) is 3.33. The molecule has 7 heteroatoms. The van der Waals surface area contributed by atoms with E-state index in [9.17, 15) is 9.59 Å². The number of amides is 2. The summed E-state index contributed by atoms with van der Waals surface area (Å²) in [6.45, 7) is 1.16. The van der Waals surface area contributed by atoms with Gasteiger partial charge in [0.15, 0.2) is 5.82 Å². The van der Waals surface area contributed by atoms with Crippen molar-refractivity contribution in [1.82, 2.24) is 25.2 Å². The number of hydrogen-bond acceptors (Lipinski definition) is 5. The molecule has 0 saturated heterocycles. The van der Waals surface area contributed by atoms with Gasteiger partial charge in [-0.2, -0.15) is 0 Å². The van der Waals surface area contributed by atoms with Crippen LogP contribution in [0.4, 0.5) is 0 Å². The van der Waals surface area contributed by atoms with Gasteiger partial charge in [0.25, 0.3) is 5.91 Å². The van der Waals surface area contributed by atoms with Crippen LogP contribution in [0.1, 0.15) is 34.5 Å². The number of hydrogen-bond donors (Lipinski definition) is 1. The molecule has 0 bridgehead atoms. The van der Waals surface area contributed by atoms with Gasteiger partial charge in [0, 0.05) is 37.2 Å². The topological polar surface area (TPSA) is 88.1 Å². The van der Waals surface area contributed by atoms with E-state index in [0.717, 1.165) is 30.5 Å². The summed E-state index contributed by atoms with van der Waals surface area (Å²) in [7, 11) is 0. The maximum absolute atomic E-state index is 13.0. The molecule has 7 nitrogen and oxygen atoms in total. The van der Waals surface area contributed by atoms with E-state index in [2.05, 4.69) is 32.4 Å². The Morgan fingerprint density at radius 3 is 2.71 bits per heavy atom. The minimum Gasteiger partial charge on any atom is -0.355 e. The lowest BCUT2D eigenvalue weighted by molar-refractivity contribution is -0.121. The zero-order chi connectivity index (χ0) is 21.5. The van der Waals surface area contributed by atoms with Crippen molar-refractivity contribution >= 4 is 11.8 Å².